The minimum Gasteiger partial charge on any atom is -0.399 e. The molecule has 3 aliphatic rings. The normalized spacial score (nSPS) is 33.8. The lowest BCUT2D eigenvalue weighted by atomic mass is 9.93. The van der Waals surface area contributed by atoms with Crippen LogP contribution in [0.5, 0.6) is 0 Å². The van der Waals surface area contributed by atoms with Gasteiger partial charge >= 0.3 is 0 Å². The fraction of sp³-hybridized carbons (Fsp3) is 0.647. The number of hydrogen-bond donors (Lipinski definition) is 1. The van der Waals surface area contributed by atoms with Crippen LogP contribution in [0, 0.1) is 11.8 Å². The van der Waals surface area contributed by atoms with Crippen molar-refractivity contribution in [2.45, 2.75) is 31.7 Å². The maximum Gasteiger partial charge on any atom is 0.0368 e. The second-order valence-corrected chi connectivity index (χ2v) is 6.86. The molecular weight excluding hydrogens is 246 g/mol. The van der Waals surface area contributed by atoms with Crippen LogP contribution in [0.3, 0.4) is 0 Å². The van der Waals surface area contributed by atoms with E-state index in [-0.39, 0.29) is 0 Å². The smallest absolute Gasteiger partial charge is 0.0368 e. The minimum atomic E-state index is 0.856. The lowest BCUT2D eigenvalue weighted by molar-refractivity contribution is 0.135. The van der Waals surface area contributed by atoms with Crippen molar-refractivity contribution in [3.63, 3.8) is 0 Å². The summed E-state index contributed by atoms with van der Waals surface area (Å²) in [5.41, 5.74) is 7.95. The quantitative estimate of drug-likeness (QED) is 0.839. The number of nitrogen functional groups attached to an aromatic ring is 1. The van der Waals surface area contributed by atoms with Gasteiger partial charge in [0.05, 0.1) is 0 Å². The van der Waals surface area contributed by atoms with Crippen molar-refractivity contribution in [3.8, 4) is 0 Å². The third-order valence-corrected chi connectivity index (χ3v) is 5.74. The van der Waals surface area contributed by atoms with Gasteiger partial charge in [0.2, 0.25) is 0 Å². The van der Waals surface area contributed by atoms with Gasteiger partial charge in [-0.2, -0.15) is 0 Å². The fourth-order valence-electron chi connectivity index (χ4n) is 4.66. The van der Waals surface area contributed by atoms with E-state index in [9.17, 15) is 0 Å². The van der Waals surface area contributed by atoms with Crippen LogP contribution < -0.4 is 10.6 Å². The summed E-state index contributed by atoms with van der Waals surface area (Å²) >= 11 is 0. The summed E-state index contributed by atoms with van der Waals surface area (Å²) in [6.45, 7) is 4.80. The lowest BCUT2D eigenvalue weighted by Crippen LogP contribution is -2.51. The monoisotopic (exact) mass is 271 g/mol. The molecule has 2 bridgehead atoms. The average molecular weight is 271 g/mol. The molecule has 0 radical (unpaired) electrons. The summed E-state index contributed by atoms with van der Waals surface area (Å²) in [5.74, 6) is 2.07. The number of hydrogen-bond acceptors (Lipinski definition) is 3. The SMILES string of the molecule is Nc1ccc(N2CCN([C@@H]3C[C@H]4CC[C@H]3C4)CC2)cc1. The summed E-state index contributed by atoms with van der Waals surface area (Å²) in [7, 11) is 0. The molecule has 3 nitrogen and oxygen atoms in total. The molecule has 1 aromatic rings. The van der Waals surface area contributed by atoms with Crippen LogP contribution in [0.4, 0.5) is 11.4 Å². The Morgan fingerprint density at radius 2 is 1.65 bits per heavy atom. The van der Waals surface area contributed by atoms with E-state index < -0.39 is 0 Å². The van der Waals surface area contributed by atoms with Gasteiger partial charge in [-0.05, 0) is 55.4 Å². The van der Waals surface area contributed by atoms with Crippen LogP contribution >= 0.6 is 0 Å². The van der Waals surface area contributed by atoms with E-state index in [4.69, 9.17) is 5.73 Å². The summed E-state index contributed by atoms with van der Waals surface area (Å²) in [6, 6.07) is 9.24. The Morgan fingerprint density at radius 3 is 2.25 bits per heavy atom. The maximum absolute atomic E-state index is 5.77. The summed E-state index contributed by atoms with van der Waals surface area (Å²) in [4.78, 5) is 5.28. The van der Waals surface area contributed by atoms with Gasteiger partial charge in [0.1, 0.15) is 0 Å². The number of fused-ring (bicyclic) bond motifs is 2. The van der Waals surface area contributed by atoms with Crippen LogP contribution in [-0.2, 0) is 0 Å². The molecule has 1 saturated heterocycles. The van der Waals surface area contributed by atoms with Gasteiger partial charge in [-0.25, -0.2) is 0 Å². The molecule has 3 fully saturated rings. The predicted octanol–water partition coefficient (Wildman–Crippen LogP) is 2.58. The van der Waals surface area contributed by atoms with Crippen molar-refractivity contribution in [3.05, 3.63) is 24.3 Å². The number of piperazine rings is 1. The lowest BCUT2D eigenvalue weighted by Gasteiger charge is -2.41. The number of benzene rings is 1. The molecule has 1 aliphatic heterocycles. The largest absolute Gasteiger partial charge is 0.399 e. The average Bonchev–Trinajstić information content (AvgIpc) is 3.11. The molecule has 4 rings (SSSR count). The number of anilines is 2. The van der Waals surface area contributed by atoms with Crippen molar-refractivity contribution in [2.75, 3.05) is 36.8 Å². The van der Waals surface area contributed by atoms with Gasteiger partial charge in [0.15, 0.2) is 0 Å². The van der Waals surface area contributed by atoms with Gasteiger partial charge in [-0.1, -0.05) is 6.42 Å². The Bertz CT molecular complexity index is 462. The van der Waals surface area contributed by atoms with Crippen molar-refractivity contribution >= 4 is 11.4 Å². The second kappa shape index (κ2) is 4.96. The van der Waals surface area contributed by atoms with E-state index >= 15 is 0 Å². The molecule has 3 heteroatoms. The van der Waals surface area contributed by atoms with E-state index in [2.05, 4.69) is 21.9 Å². The molecule has 2 aliphatic carbocycles. The van der Waals surface area contributed by atoms with Gasteiger partial charge in [0.25, 0.3) is 0 Å². The highest BCUT2D eigenvalue weighted by molar-refractivity contribution is 5.53. The standard InChI is InChI=1S/C17H25N3/c18-15-3-5-16(6-4-15)19-7-9-20(10-8-19)17-12-13-1-2-14(17)11-13/h3-6,13-14,17H,1-2,7-12,18H2/t13-,14-,17+/m0/s1. The zero-order valence-corrected chi connectivity index (χ0v) is 12.2. The number of nitrogens with two attached hydrogens (primary N) is 1. The van der Waals surface area contributed by atoms with E-state index in [0.29, 0.717) is 0 Å². The van der Waals surface area contributed by atoms with Gasteiger partial charge in [0, 0.05) is 43.6 Å². The Balaban J connectivity index is 1.37. The highest BCUT2D eigenvalue weighted by atomic mass is 15.3. The Hall–Kier alpha value is -1.22. The van der Waals surface area contributed by atoms with Crippen LogP contribution in [0.25, 0.3) is 0 Å². The fourth-order valence-corrected chi connectivity index (χ4v) is 4.66. The van der Waals surface area contributed by atoms with E-state index in [1.165, 1.54) is 44.5 Å². The molecule has 1 heterocycles. The second-order valence-electron chi connectivity index (χ2n) is 6.86. The highest BCUT2D eigenvalue weighted by Gasteiger charge is 2.42. The first-order chi connectivity index (χ1) is 9.79. The van der Waals surface area contributed by atoms with Crippen LogP contribution in [0.2, 0.25) is 0 Å². The summed E-state index contributed by atoms with van der Waals surface area (Å²) < 4.78 is 0. The minimum absolute atomic E-state index is 0.856. The van der Waals surface area contributed by atoms with Gasteiger partial charge < -0.3 is 10.6 Å². The Morgan fingerprint density at radius 1 is 0.900 bits per heavy atom. The topological polar surface area (TPSA) is 32.5 Å². The maximum atomic E-state index is 5.77. The van der Waals surface area contributed by atoms with Crippen LogP contribution in [0.1, 0.15) is 25.7 Å². The van der Waals surface area contributed by atoms with Gasteiger partial charge in [-0.3, -0.25) is 4.90 Å². The molecule has 0 aromatic heterocycles. The molecule has 3 atom stereocenters. The molecular formula is C17H25N3. The first-order valence-corrected chi connectivity index (χ1v) is 8.14. The number of rotatable bonds is 2. The molecule has 1 aromatic carbocycles. The molecule has 0 unspecified atom stereocenters. The molecule has 0 amide bonds. The summed E-state index contributed by atoms with van der Waals surface area (Å²) in [5, 5.41) is 0. The molecule has 0 spiro atoms. The molecule has 108 valence electrons. The van der Waals surface area contributed by atoms with Crippen molar-refractivity contribution in [1.29, 1.82) is 0 Å². The van der Waals surface area contributed by atoms with Crippen molar-refractivity contribution < 1.29 is 0 Å². The van der Waals surface area contributed by atoms with E-state index in [0.717, 1.165) is 36.7 Å². The zero-order chi connectivity index (χ0) is 13.5. The molecule has 20 heavy (non-hydrogen) atoms. The summed E-state index contributed by atoms with van der Waals surface area (Å²) in [6.07, 6.45) is 6.00. The van der Waals surface area contributed by atoms with Crippen molar-refractivity contribution in [1.82, 2.24) is 4.90 Å². The Labute approximate surface area is 121 Å². The Kier molecular flexibility index (Phi) is 3.10. The third-order valence-electron chi connectivity index (χ3n) is 5.74. The van der Waals surface area contributed by atoms with E-state index in [1.54, 1.807) is 0 Å². The predicted molar refractivity (Wildman–Crippen MR) is 83.9 cm³/mol. The molecule has 2 N–H and O–H groups in total. The van der Waals surface area contributed by atoms with Crippen LogP contribution in [0.15, 0.2) is 24.3 Å². The third kappa shape index (κ3) is 2.18. The van der Waals surface area contributed by atoms with Crippen molar-refractivity contribution in [2.24, 2.45) is 11.8 Å². The zero-order valence-electron chi connectivity index (χ0n) is 12.2. The highest BCUT2D eigenvalue weighted by Crippen LogP contribution is 2.46. The van der Waals surface area contributed by atoms with E-state index in [1.807, 2.05) is 12.1 Å². The molecule has 2 saturated carbocycles. The van der Waals surface area contributed by atoms with Crippen LogP contribution in [-0.4, -0.2) is 37.1 Å². The number of nitrogens with zero attached hydrogens (tertiary/aromatic N) is 2. The van der Waals surface area contributed by atoms with Gasteiger partial charge in [-0.15, -0.1) is 0 Å². The first kappa shape index (κ1) is 12.5. The first-order valence-electron chi connectivity index (χ1n) is 8.14.